The Kier molecular flexibility index (Phi) is 5.93. The summed E-state index contributed by atoms with van der Waals surface area (Å²) in [4.78, 5) is 29.0. The van der Waals surface area contributed by atoms with Gasteiger partial charge in [-0.25, -0.2) is 0 Å². The summed E-state index contributed by atoms with van der Waals surface area (Å²) in [5.41, 5.74) is 2.07. The number of rotatable bonds is 4. The lowest BCUT2D eigenvalue weighted by molar-refractivity contribution is -0.146. The molecule has 1 spiro atoms. The molecule has 29 heavy (non-hydrogen) atoms. The molecule has 3 saturated heterocycles. The molecular formula is C23H32N2O4. The summed E-state index contributed by atoms with van der Waals surface area (Å²) in [6.07, 6.45) is 5.07. The highest BCUT2D eigenvalue weighted by molar-refractivity contribution is 5.94. The summed E-state index contributed by atoms with van der Waals surface area (Å²) in [5.74, 6) is 0.00943. The minimum atomic E-state index is -0.127. The van der Waals surface area contributed by atoms with Crippen molar-refractivity contribution >= 4 is 11.9 Å². The first kappa shape index (κ1) is 20.4. The number of aryl methyl sites for hydroxylation is 1. The molecule has 0 radical (unpaired) electrons. The van der Waals surface area contributed by atoms with E-state index in [1.807, 2.05) is 36.1 Å². The highest BCUT2D eigenvalue weighted by Gasteiger charge is 2.44. The molecule has 3 aliphatic heterocycles. The van der Waals surface area contributed by atoms with Crippen LogP contribution >= 0.6 is 0 Å². The van der Waals surface area contributed by atoms with E-state index in [9.17, 15) is 9.59 Å². The van der Waals surface area contributed by atoms with Crippen LogP contribution in [0.1, 0.15) is 48.0 Å². The van der Waals surface area contributed by atoms with Crippen molar-refractivity contribution in [2.45, 2.75) is 51.2 Å². The second-order valence-corrected chi connectivity index (χ2v) is 8.97. The summed E-state index contributed by atoms with van der Waals surface area (Å²) in [5, 5.41) is 0. The van der Waals surface area contributed by atoms with Crippen molar-refractivity contribution in [2.75, 3.05) is 39.9 Å². The van der Waals surface area contributed by atoms with Gasteiger partial charge >= 0.3 is 5.97 Å². The zero-order valence-corrected chi connectivity index (χ0v) is 17.6. The van der Waals surface area contributed by atoms with Gasteiger partial charge in [0.05, 0.1) is 19.8 Å². The molecule has 3 fully saturated rings. The Morgan fingerprint density at radius 2 is 2.03 bits per heavy atom. The van der Waals surface area contributed by atoms with Crippen LogP contribution in [-0.4, -0.2) is 73.7 Å². The Morgan fingerprint density at radius 1 is 1.24 bits per heavy atom. The number of carbonyl (C=O) groups excluding carboxylic acids is 2. The molecular weight excluding hydrogens is 368 g/mol. The zero-order valence-electron chi connectivity index (χ0n) is 17.6. The molecule has 3 aliphatic rings. The maximum atomic E-state index is 12.8. The Labute approximate surface area is 173 Å². The predicted molar refractivity (Wildman–Crippen MR) is 110 cm³/mol. The van der Waals surface area contributed by atoms with Crippen LogP contribution < -0.4 is 0 Å². The largest absolute Gasteiger partial charge is 0.468 e. The van der Waals surface area contributed by atoms with Crippen molar-refractivity contribution in [1.82, 2.24) is 9.80 Å². The van der Waals surface area contributed by atoms with Crippen molar-refractivity contribution in [1.29, 1.82) is 0 Å². The average molecular weight is 401 g/mol. The maximum absolute atomic E-state index is 12.8. The van der Waals surface area contributed by atoms with Crippen molar-refractivity contribution in [3.63, 3.8) is 0 Å². The van der Waals surface area contributed by atoms with E-state index in [4.69, 9.17) is 9.47 Å². The fourth-order valence-electron chi connectivity index (χ4n) is 5.22. The Hall–Kier alpha value is -1.92. The van der Waals surface area contributed by atoms with E-state index < -0.39 is 0 Å². The molecule has 2 unspecified atom stereocenters. The first-order chi connectivity index (χ1) is 14.0. The monoisotopic (exact) mass is 400 g/mol. The normalized spacial score (nSPS) is 26.8. The van der Waals surface area contributed by atoms with E-state index in [2.05, 4.69) is 4.90 Å². The minimum absolute atomic E-state index is 0.117. The minimum Gasteiger partial charge on any atom is -0.468 e. The van der Waals surface area contributed by atoms with Crippen LogP contribution in [-0.2, 0) is 14.3 Å². The van der Waals surface area contributed by atoms with E-state index in [1.165, 1.54) is 7.11 Å². The number of amides is 1. The molecule has 0 aromatic heterocycles. The van der Waals surface area contributed by atoms with Gasteiger partial charge < -0.3 is 14.4 Å². The number of carbonyl (C=O) groups is 2. The number of esters is 1. The van der Waals surface area contributed by atoms with E-state index in [0.29, 0.717) is 0 Å². The first-order valence-electron chi connectivity index (χ1n) is 10.8. The lowest BCUT2D eigenvalue weighted by atomic mass is 9.76. The molecule has 0 N–H and O–H groups in total. The smallest absolute Gasteiger partial charge is 0.323 e. The Morgan fingerprint density at radius 3 is 2.76 bits per heavy atom. The molecule has 6 nitrogen and oxygen atoms in total. The number of piperidine rings is 1. The molecule has 158 valence electrons. The van der Waals surface area contributed by atoms with Crippen LogP contribution in [0.2, 0.25) is 0 Å². The van der Waals surface area contributed by atoms with Crippen LogP contribution in [0.4, 0.5) is 0 Å². The highest BCUT2D eigenvalue weighted by atomic mass is 16.5. The molecule has 2 atom stereocenters. The quantitative estimate of drug-likeness (QED) is 0.728. The van der Waals surface area contributed by atoms with Crippen LogP contribution in [0.15, 0.2) is 24.3 Å². The van der Waals surface area contributed by atoms with Crippen molar-refractivity contribution in [3.05, 3.63) is 35.4 Å². The van der Waals surface area contributed by atoms with Gasteiger partial charge in [-0.3, -0.25) is 14.5 Å². The van der Waals surface area contributed by atoms with Crippen molar-refractivity contribution in [2.24, 2.45) is 5.41 Å². The lowest BCUT2D eigenvalue weighted by Crippen LogP contribution is -2.44. The second-order valence-electron chi connectivity index (χ2n) is 8.97. The van der Waals surface area contributed by atoms with E-state index >= 15 is 0 Å². The highest BCUT2D eigenvalue weighted by Crippen LogP contribution is 2.42. The summed E-state index contributed by atoms with van der Waals surface area (Å²) in [7, 11) is 1.46. The van der Waals surface area contributed by atoms with Gasteiger partial charge in [-0.1, -0.05) is 17.7 Å². The van der Waals surface area contributed by atoms with Gasteiger partial charge in [-0.15, -0.1) is 0 Å². The van der Waals surface area contributed by atoms with Gasteiger partial charge in [0.1, 0.15) is 6.04 Å². The lowest BCUT2D eigenvalue weighted by Gasteiger charge is -2.38. The summed E-state index contributed by atoms with van der Waals surface area (Å²) in [6.45, 7) is 6.09. The third kappa shape index (κ3) is 4.33. The molecule has 4 rings (SSSR count). The standard InChI is InChI=1S/C23H32N2O4/c1-17-5-3-6-18(13-17)21(26)24-11-8-23(9-12-24)14-19(29-16-23)15-25-10-4-7-20(25)22(27)28-2/h3,5-6,13,19-20H,4,7-12,14-16H2,1-2H3. The summed E-state index contributed by atoms with van der Waals surface area (Å²) in [6, 6.07) is 7.72. The fourth-order valence-corrected chi connectivity index (χ4v) is 5.22. The van der Waals surface area contributed by atoms with Crippen LogP contribution in [0.25, 0.3) is 0 Å². The Balaban J connectivity index is 1.30. The molecule has 1 aromatic rings. The van der Waals surface area contributed by atoms with E-state index in [0.717, 1.165) is 76.0 Å². The van der Waals surface area contributed by atoms with Gasteiger partial charge in [-0.05, 0) is 63.1 Å². The van der Waals surface area contributed by atoms with E-state index in [-0.39, 0.29) is 29.4 Å². The number of likely N-dealkylation sites (tertiary alicyclic amines) is 2. The van der Waals surface area contributed by atoms with Crippen LogP contribution in [0.5, 0.6) is 0 Å². The molecule has 0 saturated carbocycles. The molecule has 6 heteroatoms. The summed E-state index contributed by atoms with van der Waals surface area (Å²) >= 11 is 0. The van der Waals surface area contributed by atoms with Gasteiger partial charge in [0.25, 0.3) is 5.91 Å². The number of ether oxygens (including phenoxy) is 2. The van der Waals surface area contributed by atoms with Gasteiger partial charge in [0, 0.05) is 25.2 Å². The third-order valence-electron chi connectivity index (χ3n) is 6.94. The van der Waals surface area contributed by atoms with Crippen molar-refractivity contribution < 1.29 is 19.1 Å². The van der Waals surface area contributed by atoms with Gasteiger partial charge in [0.15, 0.2) is 0 Å². The third-order valence-corrected chi connectivity index (χ3v) is 6.94. The van der Waals surface area contributed by atoms with Crippen LogP contribution in [0, 0.1) is 12.3 Å². The SMILES string of the molecule is COC(=O)C1CCCN1CC1CC2(CCN(C(=O)c3cccc(C)c3)CC2)CO1. The Bertz CT molecular complexity index is 757. The number of methoxy groups -OCH3 is 1. The van der Waals surface area contributed by atoms with Crippen molar-refractivity contribution in [3.8, 4) is 0 Å². The molecule has 3 heterocycles. The average Bonchev–Trinajstić information content (AvgIpc) is 3.35. The topological polar surface area (TPSA) is 59.1 Å². The van der Waals surface area contributed by atoms with E-state index in [1.54, 1.807) is 0 Å². The number of benzene rings is 1. The number of hydrogen-bond acceptors (Lipinski definition) is 5. The second kappa shape index (κ2) is 8.44. The number of hydrogen-bond donors (Lipinski definition) is 0. The first-order valence-corrected chi connectivity index (χ1v) is 10.8. The molecule has 0 bridgehead atoms. The number of nitrogens with zero attached hydrogens (tertiary/aromatic N) is 2. The summed E-state index contributed by atoms with van der Waals surface area (Å²) < 4.78 is 11.1. The fraction of sp³-hybridized carbons (Fsp3) is 0.652. The predicted octanol–water partition coefficient (Wildman–Crippen LogP) is 2.64. The van der Waals surface area contributed by atoms with Gasteiger partial charge in [-0.2, -0.15) is 0 Å². The van der Waals surface area contributed by atoms with Crippen LogP contribution in [0.3, 0.4) is 0 Å². The van der Waals surface area contributed by atoms with Gasteiger partial charge in [0.2, 0.25) is 0 Å². The zero-order chi connectivity index (χ0) is 20.4. The molecule has 1 aromatic carbocycles. The molecule has 0 aliphatic carbocycles. The molecule has 1 amide bonds. The maximum Gasteiger partial charge on any atom is 0.323 e.